The van der Waals surface area contributed by atoms with E-state index in [1.807, 2.05) is 13.0 Å². The average Bonchev–Trinajstić information content (AvgIpc) is 3.09. The topological polar surface area (TPSA) is 112 Å². The van der Waals surface area contributed by atoms with Crippen LogP contribution in [0.5, 0.6) is 5.75 Å². The van der Waals surface area contributed by atoms with Crippen LogP contribution in [-0.4, -0.2) is 42.1 Å². The van der Waals surface area contributed by atoms with E-state index in [1.54, 1.807) is 19.2 Å². The average molecular weight is 357 g/mol. The summed E-state index contributed by atoms with van der Waals surface area (Å²) in [4.78, 5) is 20.3. The molecule has 9 nitrogen and oxygen atoms in total. The number of amidine groups is 2. The van der Waals surface area contributed by atoms with Crippen LogP contribution in [-0.2, 0) is 4.79 Å². The van der Waals surface area contributed by atoms with Crippen molar-refractivity contribution in [1.82, 2.24) is 5.32 Å². The van der Waals surface area contributed by atoms with Gasteiger partial charge in [-0.15, -0.1) is 10.2 Å². The number of hydrogen-bond acceptors (Lipinski definition) is 7. The fourth-order valence-corrected chi connectivity index (χ4v) is 2.24. The quantitative estimate of drug-likeness (QED) is 0.782. The van der Waals surface area contributed by atoms with Crippen molar-refractivity contribution in [2.45, 2.75) is 13.3 Å². The second-order valence-corrected chi connectivity index (χ2v) is 5.49. The van der Waals surface area contributed by atoms with Gasteiger partial charge < -0.3 is 15.4 Å². The third-order valence-electron chi connectivity index (χ3n) is 3.28. The number of carbonyl (C=O) groups excluding carboxylic acids is 1. The summed E-state index contributed by atoms with van der Waals surface area (Å²) >= 11 is 5.11. The molecular formula is C15H15N7O2S. The molecule has 0 unspecified atom stereocenters. The van der Waals surface area contributed by atoms with Gasteiger partial charge in [0.15, 0.2) is 10.9 Å². The van der Waals surface area contributed by atoms with Gasteiger partial charge in [-0.3, -0.25) is 4.79 Å². The highest BCUT2D eigenvalue weighted by Crippen LogP contribution is 2.26. The lowest BCUT2D eigenvalue weighted by Gasteiger charge is -2.15. The second-order valence-electron chi connectivity index (χ2n) is 5.08. The van der Waals surface area contributed by atoms with Crippen LogP contribution in [0.25, 0.3) is 0 Å². The van der Waals surface area contributed by atoms with Crippen molar-refractivity contribution in [1.29, 1.82) is 0 Å². The molecule has 2 aliphatic heterocycles. The van der Waals surface area contributed by atoms with Gasteiger partial charge in [0.05, 0.1) is 12.2 Å². The first kappa shape index (κ1) is 16.8. The summed E-state index contributed by atoms with van der Waals surface area (Å²) in [7, 11) is 1.72. The number of nitrogens with zero attached hydrogens (tertiary/aromatic N) is 5. The molecule has 2 N–H and O–H groups in total. The Morgan fingerprint density at radius 2 is 2.12 bits per heavy atom. The van der Waals surface area contributed by atoms with Gasteiger partial charge in [0.2, 0.25) is 11.5 Å². The molecule has 1 amide bonds. The van der Waals surface area contributed by atoms with Gasteiger partial charge in [-0.05, 0) is 42.1 Å². The standard InChI is InChI=1S/C15H15N7O2S/c1-3-6-24-10-5-4-8(17-15(25)16-2)7-9(10)12-18-13-11(14(23)19-12)20-22-21-13/h4-5,7H,3,6H2,1-2H3,(H2,16,17,25). The van der Waals surface area contributed by atoms with Crippen LogP contribution in [0.4, 0.5) is 5.69 Å². The van der Waals surface area contributed by atoms with E-state index in [0.29, 0.717) is 28.7 Å². The van der Waals surface area contributed by atoms with Gasteiger partial charge in [-0.2, -0.15) is 4.99 Å². The first-order valence-corrected chi connectivity index (χ1v) is 8.00. The summed E-state index contributed by atoms with van der Waals surface area (Å²) < 4.78 is 5.75. The number of hydrogen-bond donors (Lipinski definition) is 2. The minimum Gasteiger partial charge on any atom is -0.493 e. The van der Waals surface area contributed by atoms with Crippen molar-refractivity contribution in [3.63, 3.8) is 0 Å². The van der Waals surface area contributed by atoms with Crippen LogP contribution >= 0.6 is 12.2 Å². The van der Waals surface area contributed by atoms with E-state index in [1.165, 1.54) is 0 Å². The van der Waals surface area contributed by atoms with Crippen molar-refractivity contribution in [2.75, 3.05) is 19.0 Å². The van der Waals surface area contributed by atoms with E-state index in [9.17, 15) is 4.79 Å². The zero-order valence-corrected chi connectivity index (χ0v) is 14.4. The van der Waals surface area contributed by atoms with Crippen LogP contribution in [0.15, 0.2) is 43.6 Å². The van der Waals surface area contributed by atoms with Gasteiger partial charge in [0.1, 0.15) is 5.75 Å². The highest BCUT2D eigenvalue weighted by Gasteiger charge is 2.29. The van der Waals surface area contributed by atoms with Crippen LogP contribution in [0.1, 0.15) is 18.9 Å². The highest BCUT2D eigenvalue weighted by atomic mass is 32.1. The molecule has 0 aromatic heterocycles. The molecule has 0 atom stereocenters. The van der Waals surface area contributed by atoms with E-state index < -0.39 is 5.91 Å². The molecule has 1 aromatic carbocycles. The molecule has 25 heavy (non-hydrogen) atoms. The Balaban J connectivity index is 2.01. The lowest BCUT2D eigenvalue weighted by molar-refractivity contribution is -0.111. The second kappa shape index (κ2) is 7.26. The molecule has 10 heteroatoms. The predicted molar refractivity (Wildman–Crippen MR) is 98.8 cm³/mol. The summed E-state index contributed by atoms with van der Waals surface area (Å²) in [6.45, 7) is 2.53. The first-order chi connectivity index (χ1) is 12.1. The van der Waals surface area contributed by atoms with Gasteiger partial charge in [-0.25, -0.2) is 4.99 Å². The Labute approximate surface area is 149 Å². The fourth-order valence-electron chi connectivity index (χ4n) is 2.12. The lowest BCUT2D eigenvalue weighted by atomic mass is 10.1. The normalized spacial score (nSPS) is 15.1. The summed E-state index contributed by atoms with van der Waals surface area (Å²) in [5.41, 5.74) is 1.31. The van der Waals surface area contributed by atoms with E-state index in [0.717, 1.165) is 6.42 Å². The largest absolute Gasteiger partial charge is 0.493 e. The molecule has 0 saturated heterocycles. The molecule has 0 bridgehead atoms. The molecule has 0 spiro atoms. The molecule has 0 radical (unpaired) electrons. The number of rotatable bonds is 5. The number of thiocarbonyl (C=S) groups is 1. The van der Waals surface area contributed by atoms with Crippen molar-refractivity contribution in [3.05, 3.63) is 23.8 Å². The Morgan fingerprint density at radius 1 is 1.28 bits per heavy atom. The van der Waals surface area contributed by atoms with Crippen LogP contribution in [0.3, 0.4) is 0 Å². The summed E-state index contributed by atoms with van der Waals surface area (Å²) in [5.74, 6) is 0.384. The predicted octanol–water partition coefficient (Wildman–Crippen LogP) is 1.90. The van der Waals surface area contributed by atoms with Crippen molar-refractivity contribution >= 4 is 46.3 Å². The van der Waals surface area contributed by atoms with Crippen LogP contribution < -0.4 is 15.4 Å². The van der Waals surface area contributed by atoms with Gasteiger partial charge in [0.25, 0.3) is 0 Å². The molecule has 128 valence electrons. The Bertz CT molecular complexity index is 857. The minimum atomic E-state index is -0.532. The number of amides is 1. The number of benzene rings is 1. The van der Waals surface area contributed by atoms with Crippen molar-refractivity contribution in [3.8, 4) is 5.75 Å². The maximum Gasteiger partial charge on any atom is 0.303 e. The first-order valence-electron chi connectivity index (χ1n) is 7.59. The van der Waals surface area contributed by atoms with Crippen molar-refractivity contribution < 1.29 is 9.53 Å². The molecule has 0 fully saturated rings. The van der Waals surface area contributed by atoms with E-state index in [2.05, 4.69) is 36.1 Å². The summed E-state index contributed by atoms with van der Waals surface area (Å²) in [6, 6.07) is 5.36. The zero-order chi connectivity index (χ0) is 17.8. The maximum atomic E-state index is 12.1. The third-order valence-corrected chi connectivity index (χ3v) is 3.59. The number of anilines is 1. The molecule has 0 aliphatic carbocycles. The monoisotopic (exact) mass is 357 g/mol. The number of ether oxygens (including phenoxy) is 1. The molecule has 2 aliphatic rings. The third kappa shape index (κ3) is 3.58. The number of nitrogens with one attached hydrogen (secondary N) is 2. The number of aliphatic imine (C=N–C) groups is 2. The SMILES string of the molecule is CCCOc1ccc(NC(=S)NC)cc1C1=NC(=O)C2=NN=NC2=N1. The Kier molecular flexibility index (Phi) is 4.89. The molecule has 2 heterocycles. The summed E-state index contributed by atoms with van der Waals surface area (Å²) in [6.07, 6.45) is 0.841. The number of carbonyl (C=O) groups is 1. The number of fused-ring (bicyclic) bond motifs is 1. The molecule has 0 saturated carbocycles. The van der Waals surface area contributed by atoms with Gasteiger partial charge in [0, 0.05) is 12.7 Å². The molecule has 3 rings (SSSR count). The zero-order valence-electron chi connectivity index (χ0n) is 13.6. The van der Waals surface area contributed by atoms with Crippen molar-refractivity contribution in [2.24, 2.45) is 25.4 Å². The van der Waals surface area contributed by atoms with E-state index in [-0.39, 0.29) is 17.4 Å². The van der Waals surface area contributed by atoms with E-state index >= 15 is 0 Å². The Hall–Kier alpha value is -3.01. The lowest BCUT2D eigenvalue weighted by Crippen LogP contribution is -2.26. The van der Waals surface area contributed by atoms with Gasteiger partial charge >= 0.3 is 5.91 Å². The summed E-state index contributed by atoms with van der Waals surface area (Å²) in [5, 5.41) is 17.1. The highest BCUT2D eigenvalue weighted by molar-refractivity contribution is 7.80. The Morgan fingerprint density at radius 3 is 2.88 bits per heavy atom. The van der Waals surface area contributed by atoms with Gasteiger partial charge in [-0.1, -0.05) is 6.92 Å². The van der Waals surface area contributed by atoms with Crippen LogP contribution in [0, 0.1) is 0 Å². The maximum absolute atomic E-state index is 12.1. The molecular weight excluding hydrogens is 342 g/mol. The molecule has 1 aromatic rings. The van der Waals surface area contributed by atoms with Crippen LogP contribution in [0.2, 0.25) is 0 Å². The minimum absolute atomic E-state index is 0.0467. The fraction of sp³-hybridized carbons (Fsp3) is 0.267. The smallest absolute Gasteiger partial charge is 0.303 e. The van der Waals surface area contributed by atoms with E-state index in [4.69, 9.17) is 17.0 Å².